The first-order chi connectivity index (χ1) is 9.49. The number of carbonyl (C=O) groups excluding carboxylic acids is 1. The van der Waals surface area contributed by atoms with E-state index in [9.17, 15) is 19.1 Å². The zero-order chi connectivity index (χ0) is 14.4. The van der Waals surface area contributed by atoms with E-state index in [0.29, 0.717) is 5.56 Å². The minimum absolute atomic E-state index is 0.0378. The highest BCUT2D eigenvalue weighted by Crippen LogP contribution is 2.45. The number of hydrogen-bond donors (Lipinski definition) is 1. The highest BCUT2D eigenvalue weighted by atomic mass is 19.1. The quantitative estimate of drug-likeness (QED) is 0.922. The van der Waals surface area contributed by atoms with Gasteiger partial charge in [0, 0.05) is 18.0 Å². The molecule has 1 amide bonds. The van der Waals surface area contributed by atoms with Gasteiger partial charge >= 0.3 is 5.97 Å². The van der Waals surface area contributed by atoms with Crippen molar-refractivity contribution in [3.05, 3.63) is 35.1 Å². The first-order valence-electron chi connectivity index (χ1n) is 6.79. The van der Waals surface area contributed by atoms with Crippen molar-refractivity contribution in [3.8, 4) is 0 Å². The van der Waals surface area contributed by atoms with Crippen LogP contribution >= 0.6 is 0 Å². The van der Waals surface area contributed by atoms with E-state index in [1.54, 1.807) is 17.0 Å². The van der Waals surface area contributed by atoms with Gasteiger partial charge in [-0.15, -0.1) is 0 Å². The molecule has 0 spiro atoms. The first-order valence-corrected chi connectivity index (χ1v) is 6.79. The Labute approximate surface area is 116 Å². The Balaban J connectivity index is 2.07. The van der Waals surface area contributed by atoms with Crippen LogP contribution in [0, 0.1) is 18.7 Å². The van der Waals surface area contributed by atoms with Gasteiger partial charge in [0.2, 0.25) is 5.91 Å². The van der Waals surface area contributed by atoms with Crippen molar-refractivity contribution >= 4 is 11.9 Å². The van der Waals surface area contributed by atoms with Crippen molar-refractivity contribution in [2.45, 2.75) is 38.3 Å². The second-order valence-corrected chi connectivity index (χ2v) is 5.65. The van der Waals surface area contributed by atoms with Gasteiger partial charge < -0.3 is 10.0 Å². The highest BCUT2D eigenvalue weighted by Gasteiger charge is 2.50. The summed E-state index contributed by atoms with van der Waals surface area (Å²) in [5.41, 5.74) is 1.19. The monoisotopic (exact) mass is 277 g/mol. The van der Waals surface area contributed by atoms with Crippen molar-refractivity contribution in [2.75, 3.05) is 0 Å². The van der Waals surface area contributed by atoms with Crippen LogP contribution < -0.4 is 0 Å². The molecule has 5 heteroatoms. The van der Waals surface area contributed by atoms with Crippen LogP contribution in [0.15, 0.2) is 18.2 Å². The Kier molecular flexibility index (Phi) is 3.00. The number of aryl methyl sites for hydroxylation is 1. The van der Waals surface area contributed by atoms with Gasteiger partial charge in [-0.2, -0.15) is 0 Å². The van der Waals surface area contributed by atoms with Crippen LogP contribution in [0.25, 0.3) is 0 Å². The summed E-state index contributed by atoms with van der Waals surface area (Å²) in [7, 11) is 0. The van der Waals surface area contributed by atoms with Gasteiger partial charge in [-0.3, -0.25) is 9.59 Å². The fourth-order valence-corrected chi connectivity index (χ4v) is 3.02. The van der Waals surface area contributed by atoms with Crippen LogP contribution in [0.3, 0.4) is 0 Å². The topological polar surface area (TPSA) is 57.6 Å². The smallest absolute Gasteiger partial charge is 0.309 e. The summed E-state index contributed by atoms with van der Waals surface area (Å²) in [6.07, 6.45) is 1.72. The van der Waals surface area contributed by atoms with Gasteiger partial charge in [0.15, 0.2) is 0 Å². The predicted molar refractivity (Wildman–Crippen MR) is 69.5 cm³/mol. The lowest BCUT2D eigenvalue weighted by atomic mass is 9.92. The number of nitrogens with zero attached hydrogens (tertiary/aromatic N) is 1. The Morgan fingerprint density at radius 2 is 2.10 bits per heavy atom. The number of hydrogen-bond acceptors (Lipinski definition) is 2. The molecular weight excluding hydrogens is 261 g/mol. The van der Waals surface area contributed by atoms with Crippen LogP contribution in [0.2, 0.25) is 0 Å². The number of halogens is 1. The SMILES string of the molecule is Cc1ccc(F)c(C2C(C(=O)O)CC(=O)N2C2CC2)c1. The molecule has 4 nitrogen and oxygen atoms in total. The molecule has 1 N–H and O–H groups in total. The molecule has 2 unspecified atom stereocenters. The number of amides is 1. The van der Waals surface area contributed by atoms with Crippen molar-refractivity contribution in [1.82, 2.24) is 4.90 Å². The molecule has 0 radical (unpaired) electrons. The molecule has 1 heterocycles. The summed E-state index contributed by atoms with van der Waals surface area (Å²) in [5.74, 6) is -2.51. The summed E-state index contributed by atoms with van der Waals surface area (Å²) in [6, 6.07) is 4.05. The molecule has 0 bridgehead atoms. The lowest BCUT2D eigenvalue weighted by molar-refractivity contribution is -0.142. The van der Waals surface area contributed by atoms with Crippen molar-refractivity contribution in [1.29, 1.82) is 0 Å². The predicted octanol–water partition coefficient (Wildman–Crippen LogP) is 2.27. The molecule has 2 aliphatic rings. The van der Waals surface area contributed by atoms with E-state index in [-0.39, 0.29) is 18.4 Å². The second-order valence-electron chi connectivity index (χ2n) is 5.65. The molecule has 0 aromatic heterocycles. The van der Waals surface area contributed by atoms with Crippen LogP contribution in [0.5, 0.6) is 0 Å². The maximum atomic E-state index is 14.1. The van der Waals surface area contributed by atoms with Crippen molar-refractivity contribution in [3.63, 3.8) is 0 Å². The third-order valence-corrected chi connectivity index (χ3v) is 4.09. The van der Waals surface area contributed by atoms with E-state index in [4.69, 9.17) is 0 Å². The van der Waals surface area contributed by atoms with Gasteiger partial charge in [-0.05, 0) is 25.8 Å². The Morgan fingerprint density at radius 3 is 2.70 bits per heavy atom. The maximum Gasteiger partial charge on any atom is 0.309 e. The van der Waals surface area contributed by atoms with Gasteiger partial charge in [-0.1, -0.05) is 17.7 Å². The third kappa shape index (κ3) is 2.07. The molecular formula is C15H16FNO3. The molecule has 20 heavy (non-hydrogen) atoms. The Hall–Kier alpha value is -1.91. The number of carboxylic acids is 1. The Morgan fingerprint density at radius 1 is 1.40 bits per heavy atom. The summed E-state index contributed by atoms with van der Waals surface area (Å²) in [4.78, 5) is 25.1. The fourth-order valence-electron chi connectivity index (χ4n) is 3.02. The molecule has 3 rings (SSSR count). The number of likely N-dealkylation sites (tertiary alicyclic amines) is 1. The van der Waals surface area contributed by atoms with E-state index >= 15 is 0 Å². The minimum Gasteiger partial charge on any atom is -0.481 e. The van der Waals surface area contributed by atoms with Crippen LogP contribution in [0.1, 0.15) is 36.4 Å². The summed E-state index contributed by atoms with van der Waals surface area (Å²) in [5, 5.41) is 9.34. The molecule has 1 saturated heterocycles. The van der Waals surface area contributed by atoms with Crippen LogP contribution in [0.4, 0.5) is 4.39 Å². The summed E-state index contributed by atoms with van der Waals surface area (Å²) < 4.78 is 14.1. The number of carbonyl (C=O) groups is 2. The summed E-state index contributed by atoms with van der Waals surface area (Å²) in [6.45, 7) is 1.83. The van der Waals surface area contributed by atoms with Crippen LogP contribution in [-0.4, -0.2) is 27.9 Å². The molecule has 1 aliphatic carbocycles. The molecule has 106 valence electrons. The van der Waals surface area contributed by atoms with E-state index < -0.39 is 23.7 Å². The average molecular weight is 277 g/mol. The number of aliphatic carboxylic acids is 1. The van der Waals surface area contributed by atoms with E-state index in [2.05, 4.69) is 0 Å². The number of rotatable bonds is 3. The fraction of sp³-hybridized carbons (Fsp3) is 0.467. The normalized spacial score (nSPS) is 26.1. The van der Waals surface area contributed by atoms with E-state index in [1.807, 2.05) is 6.92 Å². The largest absolute Gasteiger partial charge is 0.481 e. The zero-order valence-corrected chi connectivity index (χ0v) is 11.2. The van der Waals surface area contributed by atoms with Gasteiger partial charge in [-0.25, -0.2) is 4.39 Å². The lowest BCUT2D eigenvalue weighted by Crippen LogP contribution is -2.33. The Bertz CT molecular complexity index is 582. The molecule has 1 aromatic carbocycles. The van der Waals surface area contributed by atoms with Gasteiger partial charge in [0.1, 0.15) is 5.82 Å². The molecule has 2 fully saturated rings. The van der Waals surface area contributed by atoms with Gasteiger partial charge in [0.05, 0.1) is 12.0 Å². The third-order valence-electron chi connectivity index (χ3n) is 4.09. The molecule has 2 atom stereocenters. The number of benzene rings is 1. The summed E-state index contributed by atoms with van der Waals surface area (Å²) >= 11 is 0. The maximum absolute atomic E-state index is 14.1. The molecule has 1 aromatic rings. The minimum atomic E-state index is -1.03. The van der Waals surface area contributed by atoms with Crippen LogP contribution in [-0.2, 0) is 9.59 Å². The van der Waals surface area contributed by atoms with Gasteiger partial charge in [0.25, 0.3) is 0 Å². The lowest BCUT2D eigenvalue weighted by Gasteiger charge is -2.27. The second kappa shape index (κ2) is 4.58. The van der Waals surface area contributed by atoms with E-state index in [0.717, 1.165) is 18.4 Å². The highest BCUT2D eigenvalue weighted by molar-refractivity contribution is 5.87. The van der Waals surface area contributed by atoms with Crippen molar-refractivity contribution in [2.24, 2.45) is 5.92 Å². The molecule has 1 saturated carbocycles. The number of carboxylic acid groups (broad SMARTS) is 1. The first kappa shape index (κ1) is 13.1. The van der Waals surface area contributed by atoms with E-state index in [1.165, 1.54) is 6.07 Å². The average Bonchev–Trinajstić information content (AvgIpc) is 3.15. The zero-order valence-electron chi connectivity index (χ0n) is 11.2. The van der Waals surface area contributed by atoms with Crippen molar-refractivity contribution < 1.29 is 19.1 Å². The molecule has 1 aliphatic heterocycles. The standard InChI is InChI=1S/C15H16FNO3/c1-8-2-5-12(16)10(6-8)14-11(15(19)20)7-13(18)17(14)9-3-4-9/h2,5-6,9,11,14H,3-4,7H2,1H3,(H,19,20).